The van der Waals surface area contributed by atoms with E-state index in [-0.39, 0.29) is 17.4 Å². The van der Waals surface area contributed by atoms with Crippen LogP contribution in [-0.2, 0) is 6.42 Å². The summed E-state index contributed by atoms with van der Waals surface area (Å²) in [5.74, 6) is 0.608. The number of hydrogen-bond donors (Lipinski definition) is 1. The number of amides is 1. The molecular weight excluding hydrogens is 362 g/mol. The molecule has 1 atom stereocenters. The van der Waals surface area contributed by atoms with Gasteiger partial charge in [-0.05, 0) is 42.5 Å². The quantitative estimate of drug-likeness (QED) is 0.748. The third kappa shape index (κ3) is 3.44. The highest BCUT2D eigenvalue weighted by Gasteiger charge is 2.36. The molecule has 0 saturated carbocycles. The fourth-order valence-electron chi connectivity index (χ4n) is 3.61. The summed E-state index contributed by atoms with van der Waals surface area (Å²) in [6.45, 7) is 4.43. The van der Waals surface area contributed by atoms with Gasteiger partial charge < -0.3 is 10.1 Å². The number of carbonyl (C=O) groups excluding carboxylic acids is 1. The van der Waals surface area contributed by atoms with Gasteiger partial charge in [0.25, 0.3) is 5.91 Å². The molecule has 7 nitrogen and oxygen atoms in total. The lowest BCUT2D eigenvalue weighted by Gasteiger charge is -2.35. The SMILES string of the molecule is COc1ccc(-n2ncc3c2CC(C)(C)CC3NC(=O)c2cnsn2)cc1. The van der Waals surface area contributed by atoms with Crippen molar-refractivity contribution in [3.63, 3.8) is 0 Å². The van der Waals surface area contributed by atoms with Crippen molar-refractivity contribution in [2.45, 2.75) is 32.7 Å². The van der Waals surface area contributed by atoms with Gasteiger partial charge in [0.2, 0.25) is 0 Å². The molecule has 4 rings (SSSR count). The van der Waals surface area contributed by atoms with Gasteiger partial charge in [0.15, 0.2) is 5.69 Å². The van der Waals surface area contributed by atoms with Crippen LogP contribution >= 0.6 is 11.7 Å². The Labute approximate surface area is 161 Å². The van der Waals surface area contributed by atoms with Crippen LogP contribution in [0.3, 0.4) is 0 Å². The van der Waals surface area contributed by atoms with Crippen molar-refractivity contribution in [3.8, 4) is 11.4 Å². The van der Waals surface area contributed by atoms with Crippen molar-refractivity contribution in [1.29, 1.82) is 0 Å². The summed E-state index contributed by atoms with van der Waals surface area (Å²) >= 11 is 1.03. The summed E-state index contributed by atoms with van der Waals surface area (Å²) in [5.41, 5.74) is 3.55. The Bertz CT molecular complexity index is 947. The number of aromatic nitrogens is 4. The lowest BCUT2D eigenvalue weighted by molar-refractivity contribution is 0.0915. The highest BCUT2D eigenvalue weighted by molar-refractivity contribution is 6.99. The minimum Gasteiger partial charge on any atom is -0.497 e. The van der Waals surface area contributed by atoms with E-state index in [1.165, 1.54) is 6.20 Å². The largest absolute Gasteiger partial charge is 0.497 e. The molecular formula is C19H21N5O2S. The highest BCUT2D eigenvalue weighted by atomic mass is 32.1. The smallest absolute Gasteiger partial charge is 0.273 e. The number of methoxy groups -OCH3 is 1. The van der Waals surface area contributed by atoms with Crippen molar-refractivity contribution in [2.75, 3.05) is 7.11 Å². The van der Waals surface area contributed by atoms with E-state index in [1.807, 2.05) is 35.1 Å². The molecule has 1 aromatic carbocycles. The first-order chi connectivity index (χ1) is 13.0. The fourth-order valence-corrected chi connectivity index (χ4v) is 4.03. The topological polar surface area (TPSA) is 81.9 Å². The van der Waals surface area contributed by atoms with Gasteiger partial charge in [-0.2, -0.15) is 13.8 Å². The fraction of sp³-hybridized carbons (Fsp3) is 0.368. The van der Waals surface area contributed by atoms with Crippen LogP contribution in [0.25, 0.3) is 5.69 Å². The first kappa shape index (κ1) is 17.7. The Morgan fingerprint density at radius 3 is 2.74 bits per heavy atom. The van der Waals surface area contributed by atoms with Crippen LogP contribution in [0, 0.1) is 5.41 Å². The lowest BCUT2D eigenvalue weighted by atomic mass is 9.74. The van der Waals surface area contributed by atoms with E-state index in [2.05, 4.69) is 33.0 Å². The van der Waals surface area contributed by atoms with Crippen LogP contribution < -0.4 is 10.1 Å². The molecule has 3 aromatic rings. The predicted octanol–water partition coefficient (Wildman–Crippen LogP) is 3.18. The summed E-state index contributed by atoms with van der Waals surface area (Å²) in [6, 6.07) is 7.72. The molecule has 140 valence electrons. The average Bonchev–Trinajstić information content (AvgIpc) is 3.31. The molecule has 1 N–H and O–H groups in total. The summed E-state index contributed by atoms with van der Waals surface area (Å²) in [5, 5.41) is 7.72. The van der Waals surface area contributed by atoms with E-state index >= 15 is 0 Å². The molecule has 1 amide bonds. The molecule has 0 spiro atoms. The molecule has 0 aliphatic heterocycles. The molecule has 0 bridgehead atoms. The molecule has 2 heterocycles. The molecule has 0 radical (unpaired) electrons. The normalized spacial score (nSPS) is 18.0. The van der Waals surface area contributed by atoms with Crippen molar-refractivity contribution in [3.05, 3.63) is 53.6 Å². The number of hydrogen-bond acceptors (Lipinski definition) is 6. The van der Waals surface area contributed by atoms with Crippen LogP contribution in [-0.4, -0.2) is 31.5 Å². The van der Waals surface area contributed by atoms with Gasteiger partial charge in [-0.15, -0.1) is 0 Å². The molecule has 0 saturated heterocycles. The van der Waals surface area contributed by atoms with Crippen molar-refractivity contribution in [1.82, 2.24) is 23.8 Å². The summed E-state index contributed by atoms with van der Waals surface area (Å²) in [6.07, 6.45) is 5.09. The molecule has 8 heteroatoms. The number of nitrogens with one attached hydrogen (secondary N) is 1. The Hall–Kier alpha value is -2.74. The zero-order chi connectivity index (χ0) is 19.0. The van der Waals surface area contributed by atoms with Gasteiger partial charge in [-0.1, -0.05) is 13.8 Å². The van der Waals surface area contributed by atoms with Gasteiger partial charge in [0, 0.05) is 5.56 Å². The zero-order valence-corrected chi connectivity index (χ0v) is 16.3. The number of fused-ring (bicyclic) bond motifs is 1. The standard InChI is InChI=1S/C19H21N5O2S/c1-19(2)8-15(22-18(25)16-11-21-27-23-16)14-10-20-24(17(14)9-19)12-4-6-13(26-3)7-5-12/h4-7,10-11,15H,8-9H2,1-3H3,(H,22,25). The monoisotopic (exact) mass is 383 g/mol. The Morgan fingerprint density at radius 2 is 2.07 bits per heavy atom. The second-order valence-corrected chi connectivity index (χ2v) is 8.08. The minimum absolute atomic E-state index is 0.0372. The van der Waals surface area contributed by atoms with E-state index < -0.39 is 0 Å². The maximum atomic E-state index is 12.5. The van der Waals surface area contributed by atoms with E-state index in [4.69, 9.17) is 4.74 Å². The van der Waals surface area contributed by atoms with Crippen LogP contribution in [0.2, 0.25) is 0 Å². The summed E-state index contributed by atoms with van der Waals surface area (Å²) < 4.78 is 15.1. The van der Waals surface area contributed by atoms with Crippen LogP contribution in [0.1, 0.15) is 48.1 Å². The number of nitrogens with zero attached hydrogens (tertiary/aromatic N) is 4. The van der Waals surface area contributed by atoms with E-state index in [9.17, 15) is 4.79 Å². The summed E-state index contributed by atoms with van der Waals surface area (Å²) in [7, 11) is 1.65. The van der Waals surface area contributed by atoms with Crippen molar-refractivity contribution >= 4 is 17.6 Å². The first-order valence-corrected chi connectivity index (χ1v) is 9.49. The molecule has 2 aromatic heterocycles. The molecule has 1 aliphatic rings. The Balaban J connectivity index is 1.67. The summed E-state index contributed by atoms with van der Waals surface area (Å²) in [4.78, 5) is 12.5. The Morgan fingerprint density at radius 1 is 1.30 bits per heavy atom. The van der Waals surface area contributed by atoms with E-state index in [1.54, 1.807) is 7.11 Å². The van der Waals surface area contributed by atoms with Gasteiger partial charge in [0.1, 0.15) is 5.75 Å². The molecule has 27 heavy (non-hydrogen) atoms. The predicted molar refractivity (Wildman–Crippen MR) is 102 cm³/mol. The van der Waals surface area contributed by atoms with Gasteiger partial charge in [-0.3, -0.25) is 4.79 Å². The minimum atomic E-state index is -0.199. The second-order valence-electron chi connectivity index (χ2n) is 7.52. The first-order valence-electron chi connectivity index (χ1n) is 8.76. The van der Waals surface area contributed by atoms with E-state index in [0.29, 0.717) is 5.69 Å². The Kier molecular flexibility index (Phi) is 4.43. The number of carbonyl (C=O) groups is 1. The number of benzene rings is 1. The van der Waals surface area contributed by atoms with Crippen LogP contribution in [0.4, 0.5) is 0 Å². The molecule has 0 fully saturated rings. The third-order valence-corrected chi connectivity index (χ3v) is 5.37. The van der Waals surface area contributed by atoms with Crippen LogP contribution in [0.5, 0.6) is 5.75 Å². The maximum absolute atomic E-state index is 12.5. The van der Waals surface area contributed by atoms with Crippen LogP contribution in [0.15, 0.2) is 36.7 Å². The van der Waals surface area contributed by atoms with Gasteiger partial charge >= 0.3 is 0 Å². The van der Waals surface area contributed by atoms with E-state index in [0.717, 1.165) is 47.3 Å². The van der Waals surface area contributed by atoms with Gasteiger partial charge in [-0.25, -0.2) is 4.68 Å². The molecule has 1 unspecified atom stereocenters. The second kappa shape index (κ2) is 6.77. The van der Waals surface area contributed by atoms with Crippen molar-refractivity contribution in [2.24, 2.45) is 5.41 Å². The zero-order valence-electron chi connectivity index (χ0n) is 15.5. The molecule has 1 aliphatic carbocycles. The average molecular weight is 383 g/mol. The van der Waals surface area contributed by atoms with Gasteiger partial charge in [0.05, 0.1) is 48.7 Å². The maximum Gasteiger partial charge on any atom is 0.273 e. The van der Waals surface area contributed by atoms with Crippen molar-refractivity contribution < 1.29 is 9.53 Å². The number of ether oxygens (including phenoxy) is 1. The lowest BCUT2D eigenvalue weighted by Crippen LogP contribution is -2.36. The number of rotatable bonds is 4. The third-order valence-electron chi connectivity index (χ3n) is 4.90. The highest BCUT2D eigenvalue weighted by Crippen LogP contribution is 2.41.